The van der Waals surface area contributed by atoms with Crippen LogP contribution in [-0.4, -0.2) is 38.6 Å². The average Bonchev–Trinajstić information content (AvgIpc) is 2.41. The normalized spacial score (nSPS) is 17.7. The van der Waals surface area contributed by atoms with Gasteiger partial charge in [0.05, 0.1) is 0 Å². The van der Waals surface area contributed by atoms with Gasteiger partial charge in [-0.2, -0.15) is 0 Å². The van der Waals surface area contributed by atoms with Gasteiger partial charge in [-0.15, -0.1) is 0 Å². The summed E-state index contributed by atoms with van der Waals surface area (Å²) in [6, 6.07) is 6.57. The van der Waals surface area contributed by atoms with Crippen LogP contribution in [0.4, 0.5) is 5.69 Å². The molecule has 2 rings (SSSR count). The minimum Gasteiger partial charge on any atom is -0.374 e. The second-order valence-corrected chi connectivity index (χ2v) is 5.96. The molecule has 1 aromatic carbocycles. The van der Waals surface area contributed by atoms with Crippen LogP contribution in [0.15, 0.2) is 18.2 Å². The Labute approximate surface area is 117 Å². The highest BCUT2D eigenvalue weighted by Gasteiger charge is 2.19. The number of likely N-dealkylation sites (tertiary alicyclic amines) is 1. The van der Waals surface area contributed by atoms with Crippen LogP contribution in [0.1, 0.15) is 24.0 Å². The molecule has 0 atom stereocenters. The van der Waals surface area contributed by atoms with Gasteiger partial charge >= 0.3 is 0 Å². The minimum absolute atomic E-state index is 0.618. The molecule has 3 nitrogen and oxygen atoms in total. The van der Waals surface area contributed by atoms with E-state index in [1.165, 1.54) is 42.7 Å². The fourth-order valence-electron chi connectivity index (χ4n) is 2.93. The molecule has 0 unspecified atom stereocenters. The van der Waals surface area contributed by atoms with Crippen molar-refractivity contribution in [2.45, 2.75) is 26.3 Å². The van der Waals surface area contributed by atoms with Crippen LogP contribution >= 0.6 is 0 Å². The molecule has 1 saturated heterocycles. The van der Waals surface area contributed by atoms with Gasteiger partial charge in [-0.1, -0.05) is 12.1 Å². The Bertz CT molecular complexity index is 408. The molecule has 0 aromatic heterocycles. The van der Waals surface area contributed by atoms with E-state index in [0.29, 0.717) is 6.54 Å². The molecule has 0 radical (unpaired) electrons. The van der Waals surface area contributed by atoms with Crippen molar-refractivity contribution in [3.05, 3.63) is 29.3 Å². The number of piperidine rings is 1. The molecule has 0 bridgehead atoms. The van der Waals surface area contributed by atoms with E-state index < -0.39 is 0 Å². The number of benzene rings is 1. The van der Waals surface area contributed by atoms with E-state index in [9.17, 15) is 0 Å². The van der Waals surface area contributed by atoms with Crippen LogP contribution in [0.3, 0.4) is 0 Å². The first-order valence-electron chi connectivity index (χ1n) is 7.29. The Balaban J connectivity index is 2.03. The second kappa shape index (κ2) is 6.40. The van der Waals surface area contributed by atoms with Gasteiger partial charge in [0, 0.05) is 25.8 Å². The number of nitrogens with zero attached hydrogens (tertiary/aromatic N) is 2. The summed E-state index contributed by atoms with van der Waals surface area (Å²) in [5, 5.41) is 0. The highest BCUT2D eigenvalue weighted by atomic mass is 15.1. The van der Waals surface area contributed by atoms with Gasteiger partial charge in [0.25, 0.3) is 0 Å². The molecule has 1 heterocycles. The lowest BCUT2D eigenvalue weighted by atomic mass is 9.96. The lowest BCUT2D eigenvalue weighted by Gasteiger charge is -2.33. The monoisotopic (exact) mass is 261 g/mol. The number of hydrogen-bond donors (Lipinski definition) is 1. The summed E-state index contributed by atoms with van der Waals surface area (Å²) in [7, 11) is 4.42. The molecule has 3 heteroatoms. The van der Waals surface area contributed by atoms with Gasteiger partial charge in [0.15, 0.2) is 0 Å². The van der Waals surface area contributed by atoms with E-state index in [4.69, 9.17) is 5.73 Å². The summed E-state index contributed by atoms with van der Waals surface area (Å²) in [6.45, 7) is 6.37. The molecule has 1 aliphatic heterocycles. The molecule has 0 amide bonds. The van der Waals surface area contributed by atoms with Gasteiger partial charge in [-0.05, 0) is 63.0 Å². The van der Waals surface area contributed by atoms with E-state index in [1.807, 2.05) is 0 Å². The highest BCUT2D eigenvalue weighted by Crippen LogP contribution is 2.24. The van der Waals surface area contributed by atoms with Gasteiger partial charge < -0.3 is 15.5 Å². The van der Waals surface area contributed by atoms with E-state index >= 15 is 0 Å². The number of rotatable bonds is 4. The molecular formula is C16H27N3. The predicted molar refractivity (Wildman–Crippen MR) is 82.6 cm³/mol. The SMILES string of the molecule is Cc1ccc(CN)c(N(C)CC2CCN(C)CC2)c1. The van der Waals surface area contributed by atoms with Gasteiger partial charge in [-0.25, -0.2) is 0 Å². The number of anilines is 1. The number of nitrogens with two attached hydrogens (primary N) is 1. The summed E-state index contributed by atoms with van der Waals surface area (Å²) in [4.78, 5) is 4.82. The van der Waals surface area contributed by atoms with E-state index in [0.717, 1.165) is 12.5 Å². The van der Waals surface area contributed by atoms with Crippen LogP contribution in [0.2, 0.25) is 0 Å². The number of hydrogen-bond acceptors (Lipinski definition) is 3. The van der Waals surface area contributed by atoms with Gasteiger partial charge in [0.2, 0.25) is 0 Å². The maximum atomic E-state index is 5.86. The third kappa shape index (κ3) is 3.71. The predicted octanol–water partition coefficient (Wildman–Crippen LogP) is 2.23. The zero-order chi connectivity index (χ0) is 13.8. The van der Waals surface area contributed by atoms with Crippen molar-refractivity contribution < 1.29 is 0 Å². The van der Waals surface area contributed by atoms with Crippen molar-refractivity contribution in [3.63, 3.8) is 0 Å². The molecule has 1 aromatic rings. The van der Waals surface area contributed by atoms with Crippen molar-refractivity contribution in [2.75, 3.05) is 38.6 Å². The first kappa shape index (κ1) is 14.4. The Morgan fingerprint density at radius 3 is 2.63 bits per heavy atom. The minimum atomic E-state index is 0.618. The third-order valence-electron chi connectivity index (χ3n) is 4.24. The second-order valence-electron chi connectivity index (χ2n) is 5.96. The molecular weight excluding hydrogens is 234 g/mol. The van der Waals surface area contributed by atoms with E-state index in [-0.39, 0.29) is 0 Å². The van der Waals surface area contributed by atoms with Crippen molar-refractivity contribution >= 4 is 5.69 Å². The Morgan fingerprint density at radius 1 is 1.32 bits per heavy atom. The molecule has 1 fully saturated rings. The fourth-order valence-corrected chi connectivity index (χ4v) is 2.93. The summed E-state index contributed by atoms with van der Waals surface area (Å²) in [5.41, 5.74) is 9.72. The summed E-state index contributed by atoms with van der Waals surface area (Å²) >= 11 is 0. The highest BCUT2D eigenvalue weighted by molar-refractivity contribution is 5.55. The van der Waals surface area contributed by atoms with Crippen molar-refractivity contribution in [1.82, 2.24) is 4.90 Å². The van der Waals surface area contributed by atoms with Crippen LogP contribution in [0, 0.1) is 12.8 Å². The largest absolute Gasteiger partial charge is 0.374 e. The zero-order valence-electron chi connectivity index (χ0n) is 12.5. The van der Waals surface area contributed by atoms with E-state index in [2.05, 4.69) is 49.0 Å². The Kier molecular flexibility index (Phi) is 4.83. The summed E-state index contributed by atoms with van der Waals surface area (Å²) in [5.74, 6) is 0.812. The molecule has 19 heavy (non-hydrogen) atoms. The van der Waals surface area contributed by atoms with Gasteiger partial charge in [-0.3, -0.25) is 0 Å². The van der Waals surface area contributed by atoms with Crippen molar-refractivity contribution in [3.8, 4) is 0 Å². The van der Waals surface area contributed by atoms with Crippen LogP contribution < -0.4 is 10.6 Å². The quantitative estimate of drug-likeness (QED) is 0.902. The first-order valence-corrected chi connectivity index (χ1v) is 7.29. The van der Waals surface area contributed by atoms with Crippen molar-refractivity contribution in [1.29, 1.82) is 0 Å². The van der Waals surface area contributed by atoms with Crippen LogP contribution in [-0.2, 0) is 6.54 Å². The van der Waals surface area contributed by atoms with Crippen LogP contribution in [0.25, 0.3) is 0 Å². The average molecular weight is 261 g/mol. The smallest absolute Gasteiger partial charge is 0.0411 e. The molecule has 0 aliphatic carbocycles. The fraction of sp³-hybridized carbons (Fsp3) is 0.625. The van der Waals surface area contributed by atoms with E-state index in [1.54, 1.807) is 0 Å². The summed E-state index contributed by atoms with van der Waals surface area (Å²) < 4.78 is 0. The Hall–Kier alpha value is -1.06. The Morgan fingerprint density at radius 2 is 2.00 bits per heavy atom. The lowest BCUT2D eigenvalue weighted by Crippen LogP contribution is -2.36. The third-order valence-corrected chi connectivity index (χ3v) is 4.24. The van der Waals surface area contributed by atoms with Crippen LogP contribution in [0.5, 0.6) is 0 Å². The zero-order valence-corrected chi connectivity index (χ0v) is 12.5. The summed E-state index contributed by atoms with van der Waals surface area (Å²) in [6.07, 6.45) is 2.62. The maximum Gasteiger partial charge on any atom is 0.0411 e. The van der Waals surface area contributed by atoms with Gasteiger partial charge in [0.1, 0.15) is 0 Å². The number of aryl methyl sites for hydroxylation is 1. The molecule has 2 N–H and O–H groups in total. The molecule has 1 aliphatic rings. The molecule has 106 valence electrons. The lowest BCUT2D eigenvalue weighted by molar-refractivity contribution is 0.222. The maximum absolute atomic E-state index is 5.86. The van der Waals surface area contributed by atoms with Crippen molar-refractivity contribution in [2.24, 2.45) is 11.7 Å². The molecule has 0 saturated carbocycles. The first-order chi connectivity index (χ1) is 9.10. The standard InChI is InChI=1S/C16H27N3/c1-13-4-5-15(11-17)16(10-13)19(3)12-14-6-8-18(2)9-7-14/h4-5,10,14H,6-9,11-12,17H2,1-3H3. The molecule has 0 spiro atoms. The topological polar surface area (TPSA) is 32.5 Å².